The monoisotopic (exact) mass is 321 g/mol. The summed E-state index contributed by atoms with van der Waals surface area (Å²) in [6.07, 6.45) is 4.26. The van der Waals surface area contributed by atoms with Crippen LogP contribution in [0.4, 0.5) is 0 Å². The zero-order valence-electron chi connectivity index (χ0n) is 11.7. The number of carbonyl (C=O) groups is 1. The number of rotatable bonds is 3. The van der Waals surface area contributed by atoms with Crippen molar-refractivity contribution < 1.29 is 9.90 Å². The van der Waals surface area contributed by atoms with E-state index in [4.69, 9.17) is 11.6 Å². The van der Waals surface area contributed by atoms with Gasteiger partial charge in [-0.1, -0.05) is 36.6 Å². The molecule has 0 bridgehead atoms. The number of aryl methyl sites for hydroxylation is 1. The Morgan fingerprint density at radius 2 is 2.10 bits per heavy atom. The highest BCUT2D eigenvalue weighted by Gasteiger charge is 2.41. The van der Waals surface area contributed by atoms with Crippen molar-refractivity contribution in [1.82, 2.24) is 4.98 Å². The van der Waals surface area contributed by atoms with E-state index < -0.39 is 5.97 Å². The molecule has 1 heterocycles. The first kappa shape index (κ1) is 14.5. The zero-order valence-corrected chi connectivity index (χ0v) is 13.3. The molecule has 0 amide bonds. The molecule has 0 radical (unpaired) electrons. The summed E-state index contributed by atoms with van der Waals surface area (Å²) < 4.78 is 0. The van der Waals surface area contributed by atoms with Crippen molar-refractivity contribution in [3.8, 4) is 0 Å². The molecule has 0 atom stereocenters. The van der Waals surface area contributed by atoms with Crippen LogP contribution in [0.3, 0.4) is 0 Å². The van der Waals surface area contributed by atoms with E-state index >= 15 is 0 Å². The molecular weight excluding hydrogens is 306 g/mol. The summed E-state index contributed by atoms with van der Waals surface area (Å²) >= 11 is 7.46. The van der Waals surface area contributed by atoms with Crippen LogP contribution in [0.5, 0.6) is 0 Å². The smallest absolute Gasteiger partial charge is 0.347 e. The molecule has 1 saturated carbocycles. The highest BCUT2D eigenvalue weighted by Crippen LogP contribution is 2.48. The molecule has 1 aliphatic rings. The van der Waals surface area contributed by atoms with Crippen LogP contribution in [0, 0.1) is 6.92 Å². The Bertz CT molecular complexity index is 689. The van der Waals surface area contributed by atoms with Crippen molar-refractivity contribution in [2.45, 2.75) is 38.0 Å². The van der Waals surface area contributed by atoms with Crippen molar-refractivity contribution in [1.29, 1.82) is 0 Å². The molecule has 1 aliphatic carbocycles. The first-order valence-corrected chi connectivity index (χ1v) is 8.20. The molecule has 3 nitrogen and oxygen atoms in total. The van der Waals surface area contributed by atoms with Crippen LogP contribution in [0.1, 0.15) is 51.6 Å². The second-order valence-corrected chi connectivity index (χ2v) is 6.97. The van der Waals surface area contributed by atoms with Crippen LogP contribution in [-0.2, 0) is 5.41 Å². The number of hydrogen-bond acceptors (Lipinski definition) is 3. The van der Waals surface area contributed by atoms with Crippen molar-refractivity contribution in [3.63, 3.8) is 0 Å². The summed E-state index contributed by atoms with van der Waals surface area (Å²) in [6.45, 7) is 1.77. The first-order valence-electron chi connectivity index (χ1n) is 7.00. The van der Waals surface area contributed by atoms with E-state index in [9.17, 15) is 9.90 Å². The Kier molecular flexibility index (Phi) is 3.76. The van der Waals surface area contributed by atoms with Crippen LogP contribution in [0.2, 0.25) is 5.02 Å². The van der Waals surface area contributed by atoms with E-state index in [0.717, 1.165) is 36.3 Å². The lowest BCUT2D eigenvalue weighted by Gasteiger charge is -2.27. The van der Waals surface area contributed by atoms with E-state index in [1.54, 1.807) is 6.92 Å². The zero-order chi connectivity index (χ0) is 15.0. The van der Waals surface area contributed by atoms with E-state index in [1.165, 1.54) is 11.3 Å². The molecular formula is C16H16ClNO2S. The summed E-state index contributed by atoms with van der Waals surface area (Å²) in [6, 6.07) is 7.89. The maximum atomic E-state index is 11.3. The summed E-state index contributed by atoms with van der Waals surface area (Å²) in [7, 11) is 0. The SMILES string of the molecule is Cc1nc(C2(c3cccc(Cl)c3)CCCC2)sc1C(=O)O. The van der Waals surface area contributed by atoms with E-state index in [-0.39, 0.29) is 5.41 Å². The van der Waals surface area contributed by atoms with Gasteiger partial charge in [-0.25, -0.2) is 9.78 Å². The second-order valence-electron chi connectivity index (χ2n) is 5.54. The average Bonchev–Trinajstić information content (AvgIpc) is 3.05. The maximum Gasteiger partial charge on any atom is 0.347 e. The number of hydrogen-bond donors (Lipinski definition) is 1. The number of aromatic nitrogens is 1. The van der Waals surface area contributed by atoms with Gasteiger partial charge < -0.3 is 5.11 Å². The lowest BCUT2D eigenvalue weighted by Crippen LogP contribution is -2.23. The molecule has 5 heteroatoms. The Morgan fingerprint density at radius 3 is 2.67 bits per heavy atom. The topological polar surface area (TPSA) is 50.2 Å². The summed E-state index contributed by atoms with van der Waals surface area (Å²) in [5, 5.41) is 10.9. The van der Waals surface area contributed by atoms with Gasteiger partial charge in [-0.15, -0.1) is 11.3 Å². The van der Waals surface area contributed by atoms with E-state index in [1.807, 2.05) is 18.2 Å². The largest absolute Gasteiger partial charge is 0.477 e. The lowest BCUT2D eigenvalue weighted by molar-refractivity contribution is 0.0701. The van der Waals surface area contributed by atoms with Gasteiger partial charge in [0.2, 0.25) is 0 Å². The number of carboxylic acid groups (broad SMARTS) is 1. The Balaban J connectivity index is 2.14. The molecule has 1 fully saturated rings. The average molecular weight is 322 g/mol. The summed E-state index contributed by atoms with van der Waals surface area (Å²) in [5.41, 5.74) is 1.59. The third-order valence-electron chi connectivity index (χ3n) is 4.23. The van der Waals surface area contributed by atoms with Crippen LogP contribution in [-0.4, -0.2) is 16.1 Å². The van der Waals surface area contributed by atoms with Gasteiger partial charge in [0.05, 0.1) is 5.69 Å². The third kappa shape index (κ3) is 2.47. The number of aromatic carboxylic acids is 1. The quantitative estimate of drug-likeness (QED) is 0.894. The third-order valence-corrected chi connectivity index (χ3v) is 5.82. The predicted octanol–water partition coefficient (Wildman–Crippen LogP) is 4.66. The number of carboxylic acids is 1. The molecule has 2 aromatic rings. The van der Waals surface area contributed by atoms with Crippen LogP contribution in [0.15, 0.2) is 24.3 Å². The first-order chi connectivity index (χ1) is 10.0. The van der Waals surface area contributed by atoms with Crippen molar-refractivity contribution >= 4 is 28.9 Å². The molecule has 1 aromatic heterocycles. The highest BCUT2D eigenvalue weighted by atomic mass is 35.5. The van der Waals surface area contributed by atoms with Gasteiger partial charge >= 0.3 is 5.97 Å². The molecule has 0 unspecified atom stereocenters. The van der Waals surface area contributed by atoms with Crippen molar-refractivity contribution in [2.24, 2.45) is 0 Å². The number of thiazole rings is 1. The maximum absolute atomic E-state index is 11.3. The Labute approximate surface area is 132 Å². The minimum absolute atomic E-state index is 0.173. The van der Waals surface area contributed by atoms with Crippen LogP contribution in [0.25, 0.3) is 0 Å². The van der Waals surface area contributed by atoms with Gasteiger partial charge in [0.1, 0.15) is 9.88 Å². The van der Waals surface area contributed by atoms with Crippen molar-refractivity contribution in [2.75, 3.05) is 0 Å². The standard InChI is InChI=1S/C16H16ClNO2S/c1-10-13(14(19)20)21-15(18-10)16(7-2-3-8-16)11-5-4-6-12(17)9-11/h4-6,9H,2-3,7-8H2,1H3,(H,19,20). The van der Waals surface area contributed by atoms with Gasteiger partial charge in [-0.05, 0) is 37.5 Å². The number of nitrogens with zero attached hydrogens (tertiary/aromatic N) is 1. The Hall–Kier alpha value is -1.39. The Morgan fingerprint density at radius 1 is 1.38 bits per heavy atom. The molecule has 1 aromatic carbocycles. The number of benzene rings is 1. The minimum Gasteiger partial charge on any atom is -0.477 e. The van der Waals surface area contributed by atoms with Gasteiger partial charge in [0.15, 0.2) is 0 Å². The fourth-order valence-corrected chi connectivity index (χ4v) is 4.55. The van der Waals surface area contributed by atoms with Crippen LogP contribution >= 0.6 is 22.9 Å². The van der Waals surface area contributed by atoms with Gasteiger partial charge in [-0.2, -0.15) is 0 Å². The van der Waals surface area contributed by atoms with E-state index in [0.29, 0.717) is 15.6 Å². The van der Waals surface area contributed by atoms with Gasteiger partial charge in [0, 0.05) is 10.4 Å². The second kappa shape index (κ2) is 5.43. The normalized spacial score (nSPS) is 17.0. The molecule has 3 rings (SSSR count). The van der Waals surface area contributed by atoms with Crippen molar-refractivity contribution in [3.05, 3.63) is 50.4 Å². The molecule has 0 spiro atoms. The predicted molar refractivity (Wildman–Crippen MR) is 84.5 cm³/mol. The molecule has 0 aliphatic heterocycles. The molecule has 1 N–H and O–H groups in total. The lowest BCUT2D eigenvalue weighted by atomic mass is 9.79. The fourth-order valence-electron chi connectivity index (χ4n) is 3.19. The van der Waals surface area contributed by atoms with E-state index in [2.05, 4.69) is 11.1 Å². The van der Waals surface area contributed by atoms with Gasteiger partial charge in [0.25, 0.3) is 0 Å². The van der Waals surface area contributed by atoms with Crippen LogP contribution < -0.4 is 0 Å². The highest BCUT2D eigenvalue weighted by molar-refractivity contribution is 7.13. The molecule has 21 heavy (non-hydrogen) atoms. The summed E-state index contributed by atoms with van der Waals surface area (Å²) in [4.78, 5) is 16.2. The summed E-state index contributed by atoms with van der Waals surface area (Å²) in [5.74, 6) is -0.893. The molecule has 0 saturated heterocycles. The number of halogens is 1. The fraction of sp³-hybridized carbons (Fsp3) is 0.375. The minimum atomic E-state index is -0.893. The molecule has 110 valence electrons. The van der Waals surface area contributed by atoms with Gasteiger partial charge in [-0.3, -0.25) is 0 Å².